The van der Waals surface area contributed by atoms with Crippen LogP contribution in [0.4, 0.5) is 5.69 Å². The first-order chi connectivity index (χ1) is 9.28. The molecule has 0 aliphatic heterocycles. The number of ether oxygens (including phenoxy) is 1. The maximum atomic E-state index is 5.41. The molecule has 1 N–H and O–H groups in total. The van der Waals surface area contributed by atoms with Crippen molar-refractivity contribution in [2.75, 3.05) is 18.5 Å². The highest BCUT2D eigenvalue weighted by Crippen LogP contribution is 2.13. The lowest BCUT2D eigenvalue weighted by atomic mass is 10.2. The van der Waals surface area contributed by atoms with Crippen LogP contribution in [0.2, 0.25) is 0 Å². The molecule has 0 saturated carbocycles. The molecule has 1 atom stereocenters. The van der Waals surface area contributed by atoms with Gasteiger partial charge in [-0.05, 0) is 31.5 Å². The predicted molar refractivity (Wildman–Crippen MR) is 77.3 cm³/mol. The van der Waals surface area contributed by atoms with Crippen molar-refractivity contribution >= 4 is 5.69 Å². The first-order valence-electron chi connectivity index (χ1n) is 6.67. The Labute approximate surface area is 114 Å². The Kier molecular flexibility index (Phi) is 4.98. The van der Waals surface area contributed by atoms with Crippen molar-refractivity contribution < 1.29 is 4.74 Å². The summed E-state index contributed by atoms with van der Waals surface area (Å²) in [5.74, 6) is 0. The van der Waals surface area contributed by atoms with E-state index in [1.165, 1.54) is 5.56 Å². The molecule has 2 rings (SSSR count). The number of imidazole rings is 1. The zero-order valence-electron chi connectivity index (χ0n) is 11.5. The Hall–Kier alpha value is -1.81. The van der Waals surface area contributed by atoms with Crippen molar-refractivity contribution in [3.05, 3.63) is 48.5 Å². The zero-order valence-corrected chi connectivity index (χ0v) is 11.5. The maximum absolute atomic E-state index is 5.41. The Morgan fingerprint density at radius 2 is 2.32 bits per heavy atom. The van der Waals surface area contributed by atoms with Crippen LogP contribution in [0.1, 0.15) is 19.4 Å². The highest BCUT2D eigenvalue weighted by atomic mass is 16.5. The normalized spacial score (nSPS) is 12.3. The Morgan fingerprint density at radius 3 is 3.05 bits per heavy atom. The van der Waals surface area contributed by atoms with Gasteiger partial charge in [0.2, 0.25) is 0 Å². The summed E-state index contributed by atoms with van der Waals surface area (Å²) >= 11 is 0. The van der Waals surface area contributed by atoms with Gasteiger partial charge in [0.25, 0.3) is 0 Å². The predicted octanol–water partition coefficient (Wildman–Crippen LogP) is 2.77. The van der Waals surface area contributed by atoms with Crippen LogP contribution in [0.15, 0.2) is 43.0 Å². The molecular weight excluding hydrogens is 238 g/mol. The third kappa shape index (κ3) is 4.41. The number of rotatable bonds is 7. The molecule has 4 nitrogen and oxygen atoms in total. The van der Waals surface area contributed by atoms with Crippen LogP contribution >= 0.6 is 0 Å². The number of hydrogen-bond donors (Lipinski definition) is 1. The second-order valence-corrected chi connectivity index (χ2v) is 4.64. The number of anilines is 1. The number of aromatic nitrogens is 2. The van der Waals surface area contributed by atoms with Crippen molar-refractivity contribution in [1.82, 2.24) is 9.55 Å². The molecule has 102 valence electrons. The fourth-order valence-electron chi connectivity index (χ4n) is 1.97. The quantitative estimate of drug-likeness (QED) is 0.831. The summed E-state index contributed by atoms with van der Waals surface area (Å²) in [5, 5.41) is 3.45. The number of nitrogens with one attached hydrogen (secondary N) is 1. The molecular formula is C15H21N3O. The Morgan fingerprint density at radius 1 is 1.42 bits per heavy atom. The van der Waals surface area contributed by atoms with Gasteiger partial charge in [0.15, 0.2) is 0 Å². The van der Waals surface area contributed by atoms with Crippen molar-refractivity contribution in [3.8, 4) is 0 Å². The van der Waals surface area contributed by atoms with Gasteiger partial charge in [0.05, 0.1) is 12.9 Å². The molecule has 0 spiro atoms. The average Bonchev–Trinajstić information content (AvgIpc) is 2.89. The van der Waals surface area contributed by atoms with Crippen molar-refractivity contribution in [2.45, 2.75) is 26.4 Å². The van der Waals surface area contributed by atoms with E-state index in [1.54, 1.807) is 6.20 Å². The number of nitrogens with zero attached hydrogens (tertiary/aromatic N) is 2. The summed E-state index contributed by atoms with van der Waals surface area (Å²) in [6.45, 7) is 6.46. The van der Waals surface area contributed by atoms with E-state index < -0.39 is 0 Å². The van der Waals surface area contributed by atoms with Gasteiger partial charge in [-0.25, -0.2) is 4.98 Å². The Balaban J connectivity index is 1.95. The molecule has 1 aromatic heterocycles. The molecule has 0 aliphatic carbocycles. The van der Waals surface area contributed by atoms with Crippen molar-refractivity contribution in [3.63, 3.8) is 0 Å². The molecule has 1 heterocycles. The lowest BCUT2D eigenvalue weighted by Crippen LogP contribution is -2.21. The van der Waals surface area contributed by atoms with Crippen LogP contribution in [0, 0.1) is 0 Å². The summed E-state index contributed by atoms with van der Waals surface area (Å²) in [5.41, 5.74) is 2.39. The highest BCUT2D eigenvalue weighted by molar-refractivity contribution is 5.46. The first-order valence-corrected chi connectivity index (χ1v) is 6.67. The minimum Gasteiger partial charge on any atom is -0.380 e. The largest absolute Gasteiger partial charge is 0.380 e. The monoisotopic (exact) mass is 259 g/mol. The average molecular weight is 259 g/mol. The molecule has 4 heteroatoms. The number of hydrogen-bond acceptors (Lipinski definition) is 3. The standard InChI is InChI=1S/C15H21N3O/c1-3-19-11-13(2)17-15-6-4-5-14(9-15)10-18-8-7-16-12-18/h4-9,12-13,17H,3,10-11H2,1-2H3. The SMILES string of the molecule is CCOCC(C)Nc1cccc(Cn2ccnc2)c1. The highest BCUT2D eigenvalue weighted by Gasteiger charge is 2.02. The number of benzene rings is 1. The molecule has 1 aromatic carbocycles. The minimum atomic E-state index is 0.309. The molecule has 0 bridgehead atoms. The van der Waals surface area contributed by atoms with Crippen LogP contribution in [0.3, 0.4) is 0 Å². The molecule has 0 radical (unpaired) electrons. The van der Waals surface area contributed by atoms with Gasteiger partial charge in [-0.15, -0.1) is 0 Å². The Bertz CT molecular complexity index is 482. The van der Waals surface area contributed by atoms with Gasteiger partial charge < -0.3 is 14.6 Å². The molecule has 1 unspecified atom stereocenters. The smallest absolute Gasteiger partial charge is 0.0949 e. The van der Waals surface area contributed by atoms with Gasteiger partial charge in [0, 0.05) is 37.3 Å². The van der Waals surface area contributed by atoms with E-state index in [2.05, 4.69) is 46.1 Å². The lowest BCUT2D eigenvalue weighted by molar-refractivity contribution is 0.141. The van der Waals surface area contributed by atoms with E-state index in [4.69, 9.17) is 4.74 Å². The maximum Gasteiger partial charge on any atom is 0.0949 e. The van der Waals surface area contributed by atoms with Gasteiger partial charge in [-0.3, -0.25) is 0 Å². The minimum absolute atomic E-state index is 0.309. The van der Waals surface area contributed by atoms with Gasteiger partial charge >= 0.3 is 0 Å². The lowest BCUT2D eigenvalue weighted by Gasteiger charge is -2.15. The van der Waals surface area contributed by atoms with Crippen LogP contribution in [0.5, 0.6) is 0 Å². The molecule has 0 saturated heterocycles. The van der Waals surface area contributed by atoms with E-state index in [9.17, 15) is 0 Å². The van der Waals surface area contributed by atoms with E-state index in [0.29, 0.717) is 6.04 Å². The van der Waals surface area contributed by atoms with Gasteiger partial charge in [-0.1, -0.05) is 12.1 Å². The molecule has 0 amide bonds. The van der Waals surface area contributed by atoms with Crippen LogP contribution in [0.25, 0.3) is 0 Å². The summed E-state index contributed by atoms with van der Waals surface area (Å²) in [4.78, 5) is 4.05. The summed E-state index contributed by atoms with van der Waals surface area (Å²) < 4.78 is 7.47. The van der Waals surface area contributed by atoms with Gasteiger partial charge in [0.1, 0.15) is 0 Å². The molecule has 19 heavy (non-hydrogen) atoms. The van der Waals surface area contributed by atoms with Crippen LogP contribution in [-0.4, -0.2) is 28.8 Å². The molecule has 0 fully saturated rings. The molecule has 2 aromatic rings. The van der Waals surface area contributed by atoms with E-state index in [0.717, 1.165) is 25.4 Å². The van der Waals surface area contributed by atoms with Crippen molar-refractivity contribution in [1.29, 1.82) is 0 Å². The van der Waals surface area contributed by atoms with Crippen LogP contribution < -0.4 is 5.32 Å². The third-order valence-electron chi connectivity index (χ3n) is 2.84. The summed E-state index contributed by atoms with van der Waals surface area (Å²) in [7, 11) is 0. The summed E-state index contributed by atoms with van der Waals surface area (Å²) in [6, 6.07) is 8.76. The second kappa shape index (κ2) is 6.95. The summed E-state index contributed by atoms with van der Waals surface area (Å²) in [6.07, 6.45) is 5.60. The fourth-order valence-corrected chi connectivity index (χ4v) is 1.97. The first kappa shape index (κ1) is 13.6. The molecule has 0 aliphatic rings. The van der Waals surface area contributed by atoms with Gasteiger partial charge in [-0.2, -0.15) is 0 Å². The fraction of sp³-hybridized carbons (Fsp3) is 0.400. The van der Waals surface area contributed by atoms with E-state index in [1.807, 2.05) is 19.4 Å². The van der Waals surface area contributed by atoms with Crippen LogP contribution in [-0.2, 0) is 11.3 Å². The van der Waals surface area contributed by atoms with E-state index >= 15 is 0 Å². The van der Waals surface area contributed by atoms with E-state index in [-0.39, 0.29) is 0 Å². The zero-order chi connectivity index (χ0) is 13.5. The third-order valence-corrected chi connectivity index (χ3v) is 2.84. The van der Waals surface area contributed by atoms with Crippen molar-refractivity contribution in [2.24, 2.45) is 0 Å². The topological polar surface area (TPSA) is 39.1 Å². The second-order valence-electron chi connectivity index (χ2n) is 4.64.